The molecule has 0 saturated carbocycles. The van der Waals surface area contributed by atoms with E-state index in [1.165, 1.54) is 11.3 Å². The smallest absolute Gasteiger partial charge is 0.322 e. The largest absolute Gasteiger partial charge is 0.389 e. The Morgan fingerprint density at radius 1 is 1.38 bits per heavy atom. The van der Waals surface area contributed by atoms with Gasteiger partial charge in [-0.25, -0.2) is 4.79 Å². The molecule has 2 amide bonds. The maximum absolute atomic E-state index is 12.3. The van der Waals surface area contributed by atoms with Crippen LogP contribution in [0.4, 0.5) is 15.5 Å². The number of rotatable bonds is 1. The SMILES string of the molecule is N#Cc1c(N)sc2c1CCN(C(=O)Nc1ccccc1)C2. The number of nitrogen functional groups attached to an aromatic ring is 1. The first-order chi connectivity index (χ1) is 10.2. The lowest BCUT2D eigenvalue weighted by atomic mass is 10.0. The van der Waals surface area contributed by atoms with E-state index in [0.717, 1.165) is 16.1 Å². The molecule has 0 aliphatic carbocycles. The molecule has 1 aliphatic heterocycles. The summed E-state index contributed by atoms with van der Waals surface area (Å²) in [6.07, 6.45) is 0.675. The van der Waals surface area contributed by atoms with Crippen molar-refractivity contribution in [2.45, 2.75) is 13.0 Å². The number of anilines is 2. The van der Waals surface area contributed by atoms with Crippen molar-refractivity contribution in [2.24, 2.45) is 0 Å². The molecule has 1 aromatic carbocycles. The molecule has 0 spiro atoms. The summed E-state index contributed by atoms with van der Waals surface area (Å²) in [6.45, 7) is 1.10. The number of carbonyl (C=O) groups is 1. The van der Waals surface area contributed by atoms with Crippen molar-refractivity contribution in [3.63, 3.8) is 0 Å². The quantitative estimate of drug-likeness (QED) is 0.849. The molecule has 0 radical (unpaired) electrons. The van der Waals surface area contributed by atoms with Crippen molar-refractivity contribution in [3.8, 4) is 6.07 Å². The summed E-state index contributed by atoms with van der Waals surface area (Å²) in [5.41, 5.74) is 8.21. The summed E-state index contributed by atoms with van der Waals surface area (Å²) in [5, 5.41) is 12.5. The van der Waals surface area contributed by atoms with Gasteiger partial charge in [-0.05, 0) is 24.1 Å². The van der Waals surface area contributed by atoms with Crippen molar-refractivity contribution in [1.82, 2.24) is 4.90 Å². The van der Waals surface area contributed by atoms with Crippen LogP contribution < -0.4 is 11.1 Å². The first-order valence-corrected chi connectivity index (χ1v) is 7.42. The highest BCUT2D eigenvalue weighted by molar-refractivity contribution is 7.16. The molecule has 1 aliphatic rings. The molecule has 0 unspecified atom stereocenters. The van der Waals surface area contributed by atoms with Crippen LogP contribution in [0.5, 0.6) is 0 Å². The van der Waals surface area contributed by atoms with E-state index in [1.807, 2.05) is 30.3 Å². The van der Waals surface area contributed by atoms with Gasteiger partial charge >= 0.3 is 6.03 Å². The summed E-state index contributed by atoms with van der Waals surface area (Å²) in [5.74, 6) is 0. The van der Waals surface area contributed by atoms with Crippen LogP contribution in [0.25, 0.3) is 0 Å². The molecular formula is C15H14N4OS. The van der Waals surface area contributed by atoms with Gasteiger partial charge in [-0.1, -0.05) is 18.2 Å². The maximum Gasteiger partial charge on any atom is 0.322 e. The van der Waals surface area contributed by atoms with E-state index in [0.29, 0.717) is 30.1 Å². The van der Waals surface area contributed by atoms with E-state index in [1.54, 1.807) is 4.90 Å². The lowest BCUT2D eigenvalue weighted by molar-refractivity contribution is 0.207. The van der Waals surface area contributed by atoms with Crippen molar-refractivity contribution in [1.29, 1.82) is 5.26 Å². The third kappa shape index (κ3) is 2.56. The van der Waals surface area contributed by atoms with Crippen LogP contribution in [-0.4, -0.2) is 17.5 Å². The molecular weight excluding hydrogens is 284 g/mol. The van der Waals surface area contributed by atoms with Crippen molar-refractivity contribution in [2.75, 3.05) is 17.6 Å². The van der Waals surface area contributed by atoms with Gasteiger partial charge in [0.1, 0.15) is 11.1 Å². The predicted molar refractivity (Wildman–Crippen MR) is 83.0 cm³/mol. The maximum atomic E-state index is 12.3. The fourth-order valence-corrected chi connectivity index (χ4v) is 3.53. The minimum atomic E-state index is -0.127. The predicted octanol–water partition coefficient (Wildman–Crippen LogP) is 2.79. The van der Waals surface area contributed by atoms with Crippen LogP contribution in [-0.2, 0) is 13.0 Å². The van der Waals surface area contributed by atoms with Crippen molar-refractivity contribution in [3.05, 3.63) is 46.3 Å². The third-order valence-corrected chi connectivity index (χ3v) is 4.55. The first-order valence-electron chi connectivity index (χ1n) is 6.60. The number of hydrogen-bond donors (Lipinski definition) is 2. The van der Waals surface area contributed by atoms with Gasteiger partial charge < -0.3 is 16.0 Å². The van der Waals surface area contributed by atoms with Gasteiger partial charge in [-0.2, -0.15) is 5.26 Å². The molecule has 21 heavy (non-hydrogen) atoms. The summed E-state index contributed by atoms with van der Waals surface area (Å²) < 4.78 is 0. The Balaban J connectivity index is 1.75. The van der Waals surface area contributed by atoms with Crippen LogP contribution >= 0.6 is 11.3 Å². The molecule has 106 valence electrons. The zero-order valence-electron chi connectivity index (χ0n) is 11.3. The number of nitrogens with one attached hydrogen (secondary N) is 1. The van der Waals surface area contributed by atoms with Gasteiger partial charge in [0.2, 0.25) is 0 Å². The molecule has 6 heteroatoms. The second-order valence-corrected chi connectivity index (χ2v) is 5.96. The number of nitrogens with two attached hydrogens (primary N) is 1. The standard InChI is InChI=1S/C15H14N4OS/c16-8-12-11-6-7-19(9-13(11)21-14(12)17)15(20)18-10-4-2-1-3-5-10/h1-5H,6-7,9,17H2,(H,18,20). The zero-order valence-corrected chi connectivity index (χ0v) is 12.1. The number of nitrogens with zero attached hydrogens (tertiary/aromatic N) is 2. The van der Waals surface area contributed by atoms with Crippen LogP contribution in [0.15, 0.2) is 30.3 Å². The van der Waals surface area contributed by atoms with Gasteiger partial charge in [0.05, 0.1) is 12.1 Å². The van der Waals surface area contributed by atoms with E-state index < -0.39 is 0 Å². The monoisotopic (exact) mass is 298 g/mol. The molecule has 2 aromatic rings. The molecule has 3 N–H and O–H groups in total. The Morgan fingerprint density at radius 2 is 2.14 bits per heavy atom. The molecule has 0 atom stereocenters. The molecule has 2 heterocycles. The molecule has 0 fully saturated rings. The molecule has 0 saturated heterocycles. The second kappa shape index (κ2) is 5.46. The highest BCUT2D eigenvalue weighted by atomic mass is 32.1. The van der Waals surface area contributed by atoms with Crippen LogP contribution in [0, 0.1) is 11.3 Å². The van der Waals surface area contributed by atoms with E-state index in [2.05, 4.69) is 11.4 Å². The van der Waals surface area contributed by atoms with Gasteiger partial charge in [0, 0.05) is 17.1 Å². The number of thiophene rings is 1. The average Bonchev–Trinajstić information content (AvgIpc) is 2.82. The van der Waals surface area contributed by atoms with Gasteiger partial charge in [-0.15, -0.1) is 11.3 Å². The highest BCUT2D eigenvalue weighted by Gasteiger charge is 2.26. The molecule has 1 aromatic heterocycles. The summed E-state index contributed by atoms with van der Waals surface area (Å²) >= 11 is 1.40. The van der Waals surface area contributed by atoms with Crippen molar-refractivity contribution >= 4 is 28.1 Å². The number of benzene rings is 1. The first kappa shape index (κ1) is 13.5. The Bertz CT molecular complexity index is 717. The third-order valence-electron chi connectivity index (χ3n) is 3.51. The highest BCUT2D eigenvalue weighted by Crippen LogP contribution is 2.34. The lowest BCUT2D eigenvalue weighted by Gasteiger charge is -2.27. The van der Waals surface area contributed by atoms with E-state index in [-0.39, 0.29) is 6.03 Å². The minimum Gasteiger partial charge on any atom is -0.389 e. The van der Waals surface area contributed by atoms with Gasteiger partial charge in [0.15, 0.2) is 0 Å². The van der Waals surface area contributed by atoms with Crippen LogP contribution in [0.3, 0.4) is 0 Å². The van der Waals surface area contributed by atoms with Crippen LogP contribution in [0.1, 0.15) is 16.0 Å². The summed E-state index contributed by atoms with van der Waals surface area (Å²) in [6, 6.07) is 11.4. The van der Waals surface area contributed by atoms with Gasteiger partial charge in [-0.3, -0.25) is 0 Å². The van der Waals surface area contributed by atoms with Crippen molar-refractivity contribution < 1.29 is 4.79 Å². The number of carbonyl (C=O) groups excluding carboxylic acids is 1. The topological polar surface area (TPSA) is 82.2 Å². The Morgan fingerprint density at radius 3 is 2.86 bits per heavy atom. The average molecular weight is 298 g/mol. The lowest BCUT2D eigenvalue weighted by Crippen LogP contribution is -2.38. The molecule has 5 nitrogen and oxygen atoms in total. The summed E-state index contributed by atoms with van der Waals surface area (Å²) in [4.78, 5) is 15.0. The van der Waals surface area contributed by atoms with Crippen LogP contribution in [0.2, 0.25) is 0 Å². The second-order valence-electron chi connectivity index (χ2n) is 4.82. The van der Waals surface area contributed by atoms with E-state index >= 15 is 0 Å². The number of hydrogen-bond acceptors (Lipinski definition) is 4. The number of para-hydroxylation sites is 1. The fraction of sp³-hybridized carbons (Fsp3) is 0.200. The zero-order chi connectivity index (χ0) is 14.8. The number of urea groups is 1. The minimum absolute atomic E-state index is 0.127. The number of nitriles is 1. The van der Waals surface area contributed by atoms with E-state index in [9.17, 15) is 4.79 Å². The Labute approximate surface area is 126 Å². The molecule has 3 rings (SSSR count). The molecule has 0 bridgehead atoms. The Hall–Kier alpha value is -2.52. The Kier molecular flexibility index (Phi) is 3.50. The van der Waals surface area contributed by atoms with Gasteiger partial charge in [0.25, 0.3) is 0 Å². The number of fused-ring (bicyclic) bond motifs is 1. The number of amides is 2. The van der Waals surface area contributed by atoms with E-state index in [4.69, 9.17) is 11.0 Å². The normalized spacial score (nSPS) is 13.4. The fourth-order valence-electron chi connectivity index (χ4n) is 2.44. The summed E-state index contributed by atoms with van der Waals surface area (Å²) in [7, 11) is 0.